The number of aliphatic hydroxyl groups excluding tert-OH is 1. The van der Waals surface area contributed by atoms with Crippen molar-refractivity contribution in [2.45, 2.75) is 51.1 Å². The first-order valence-electron chi connectivity index (χ1n) is 9.50. The van der Waals surface area contributed by atoms with Crippen molar-refractivity contribution < 1.29 is 14.4 Å². The monoisotopic (exact) mass is 403 g/mol. The van der Waals surface area contributed by atoms with Crippen LogP contribution in [-0.4, -0.2) is 33.4 Å². The number of fused-ring (bicyclic) bond motifs is 3. The van der Waals surface area contributed by atoms with Gasteiger partial charge in [0.15, 0.2) is 0 Å². The van der Waals surface area contributed by atoms with Gasteiger partial charge < -0.3 is 19.5 Å². The first-order chi connectivity index (χ1) is 13.5. The van der Waals surface area contributed by atoms with Crippen LogP contribution >= 0.6 is 11.6 Å². The Morgan fingerprint density at radius 1 is 1.39 bits per heavy atom. The fraction of sp³-hybridized carbons (Fsp3) is 0.450. The molecule has 1 amide bonds. The highest BCUT2D eigenvalue weighted by molar-refractivity contribution is 6.37. The summed E-state index contributed by atoms with van der Waals surface area (Å²) in [5.41, 5.74) is 1.07. The number of aryl methyl sites for hydroxylation is 1. The van der Waals surface area contributed by atoms with Crippen LogP contribution in [0.2, 0.25) is 5.02 Å². The Bertz CT molecular complexity index is 1100. The topological polar surface area (TPSA) is 97.4 Å². The van der Waals surface area contributed by atoms with Gasteiger partial charge in [-0.15, -0.1) is 0 Å². The van der Waals surface area contributed by atoms with Crippen LogP contribution in [-0.2, 0) is 4.79 Å². The number of benzene rings is 1. The minimum Gasteiger partial charge on any atom is -0.396 e. The second kappa shape index (κ2) is 7.56. The van der Waals surface area contributed by atoms with Gasteiger partial charge in [0.25, 0.3) is 5.56 Å². The van der Waals surface area contributed by atoms with E-state index in [0.717, 1.165) is 24.8 Å². The number of pyridine rings is 1. The van der Waals surface area contributed by atoms with Crippen molar-refractivity contribution in [3.05, 3.63) is 39.3 Å². The molecule has 7 nitrogen and oxygen atoms in total. The molecule has 0 spiro atoms. The molecule has 1 aliphatic rings. The minimum atomic E-state index is -0.173. The molecule has 1 saturated carbocycles. The summed E-state index contributed by atoms with van der Waals surface area (Å²) in [6, 6.07) is 5.38. The molecule has 0 saturated heterocycles. The number of nitrogens with zero attached hydrogens (tertiary/aromatic N) is 2. The lowest BCUT2D eigenvalue weighted by molar-refractivity contribution is -0.122. The molecule has 2 atom stereocenters. The van der Waals surface area contributed by atoms with E-state index >= 15 is 0 Å². The van der Waals surface area contributed by atoms with Gasteiger partial charge in [0.2, 0.25) is 5.91 Å². The fourth-order valence-corrected chi connectivity index (χ4v) is 4.52. The maximum atomic E-state index is 13.4. The quantitative estimate of drug-likeness (QED) is 0.697. The number of nitrogens with one attached hydrogen (secondary N) is 1. The number of aromatic nitrogens is 2. The summed E-state index contributed by atoms with van der Waals surface area (Å²) in [7, 11) is 0. The normalized spacial score (nSPS) is 20.0. The van der Waals surface area contributed by atoms with Crippen LogP contribution in [0.1, 0.15) is 43.9 Å². The van der Waals surface area contributed by atoms with Gasteiger partial charge in [0.05, 0.1) is 17.1 Å². The van der Waals surface area contributed by atoms with E-state index < -0.39 is 0 Å². The highest BCUT2D eigenvalue weighted by Crippen LogP contribution is 2.35. The number of hydrogen-bond donors (Lipinski definition) is 2. The van der Waals surface area contributed by atoms with Crippen LogP contribution in [0.15, 0.2) is 27.5 Å². The maximum absolute atomic E-state index is 13.4. The Morgan fingerprint density at radius 3 is 3.00 bits per heavy atom. The van der Waals surface area contributed by atoms with Crippen molar-refractivity contribution in [3.8, 4) is 0 Å². The molecule has 2 N–H and O–H groups in total. The Balaban J connectivity index is 1.82. The molecule has 2 heterocycles. The number of amides is 1. The standard InChI is InChI=1S/C20H22ClN3O4/c1-11-17-19(23-28-11)18-14(21)6-3-7-15(18)24(20(17)27)13-5-2-4-12(10-13)22-16(26)8-9-25/h3,6-7,12-13,25H,2,4-5,8-10H2,1H3,(H,22,26). The van der Waals surface area contributed by atoms with Crippen LogP contribution in [0.5, 0.6) is 0 Å². The highest BCUT2D eigenvalue weighted by atomic mass is 35.5. The van der Waals surface area contributed by atoms with E-state index in [2.05, 4.69) is 10.5 Å². The van der Waals surface area contributed by atoms with E-state index in [4.69, 9.17) is 21.2 Å². The molecule has 28 heavy (non-hydrogen) atoms. The molecule has 1 aliphatic carbocycles. The van der Waals surface area contributed by atoms with E-state index in [0.29, 0.717) is 33.5 Å². The van der Waals surface area contributed by atoms with E-state index in [1.165, 1.54) is 0 Å². The summed E-state index contributed by atoms with van der Waals surface area (Å²) in [5.74, 6) is 0.304. The molecule has 0 bridgehead atoms. The lowest BCUT2D eigenvalue weighted by atomic mass is 9.90. The molecule has 0 aliphatic heterocycles. The summed E-state index contributed by atoms with van der Waals surface area (Å²) in [6.45, 7) is 1.55. The Kier molecular flexibility index (Phi) is 5.12. The van der Waals surface area contributed by atoms with Gasteiger partial charge in [-0.25, -0.2) is 0 Å². The highest BCUT2D eigenvalue weighted by Gasteiger charge is 2.28. The van der Waals surface area contributed by atoms with Crippen molar-refractivity contribution in [1.82, 2.24) is 15.0 Å². The second-order valence-corrected chi connectivity index (χ2v) is 7.74. The van der Waals surface area contributed by atoms with Gasteiger partial charge in [-0.1, -0.05) is 22.8 Å². The summed E-state index contributed by atoms with van der Waals surface area (Å²) in [5, 5.41) is 17.7. The molecule has 0 radical (unpaired) electrons. The molecule has 1 aromatic carbocycles. The smallest absolute Gasteiger partial charge is 0.264 e. The lowest BCUT2D eigenvalue weighted by Crippen LogP contribution is -2.40. The molecular weight excluding hydrogens is 382 g/mol. The number of aliphatic hydroxyl groups is 1. The summed E-state index contributed by atoms with van der Waals surface area (Å²) in [6.07, 6.45) is 3.32. The van der Waals surface area contributed by atoms with Crippen LogP contribution in [0.3, 0.4) is 0 Å². The number of carbonyl (C=O) groups excluding carboxylic acids is 1. The molecule has 8 heteroatoms. The second-order valence-electron chi connectivity index (χ2n) is 7.33. The fourth-order valence-electron chi connectivity index (χ4n) is 4.27. The van der Waals surface area contributed by atoms with Crippen LogP contribution in [0, 0.1) is 6.92 Å². The first-order valence-corrected chi connectivity index (χ1v) is 9.88. The lowest BCUT2D eigenvalue weighted by Gasteiger charge is -2.32. The number of rotatable bonds is 4. The maximum Gasteiger partial charge on any atom is 0.264 e. The van der Waals surface area contributed by atoms with Crippen molar-refractivity contribution in [2.24, 2.45) is 0 Å². The average Bonchev–Trinajstić information content (AvgIpc) is 3.04. The molecule has 4 rings (SSSR count). The van der Waals surface area contributed by atoms with E-state index in [1.807, 2.05) is 12.1 Å². The van der Waals surface area contributed by atoms with E-state index in [-0.39, 0.29) is 36.6 Å². The molecule has 148 valence electrons. The number of halogens is 1. The van der Waals surface area contributed by atoms with Gasteiger partial charge in [0, 0.05) is 23.9 Å². The van der Waals surface area contributed by atoms with Gasteiger partial charge in [0.1, 0.15) is 16.7 Å². The van der Waals surface area contributed by atoms with E-state index in [1.54, 1.807) is 17.6 Å². The summed E-state index contributed by atoms with van der Waals surface area (Å²) >= 11 is 6.46. The van der Waals surface area contributed by atoms with Crippen LogP contribution < -0.4 is 10.9 Å². The molecular formula is C20H22ClN3O4. The zero-order chi connectivity index (χ0) is 19.8. The zero-order valence-corrected chi connectivity index (χ0v) is 16.3. The van der Waals surface area contributed by atoms with Crippen molar-refractivity contribution in [3.63, 3.8) is 0 Å². The SMILES string of the molecule is Cc1onc2c1c(=O)n(C1CCCC(NC(=O)CCO)C1)c1cccc(Cl)c21. The van der Waals surface area contributed by atoms with Crippen molar-refractivity contribution >= 4 is 39.3 Å². The van der Waals surface area contributed by atoms with Crippen molar-refractivity contribution in [2.75, 3.05) is 6.61 Å². The summed E-state index contributed by atoms with van der Waals surface area (Å²) < 4.78 is 7.09. The first kappa shape index (κ1) is 19.0. The van der Waals surface area contributed by atoms with Crippen molar-refractivity contribution in [1.29, 1.82) is 0 Å². The molecule has 2 aromatic heterocycles. The van der Waals surface area contributed by atoms with Gasteiger partial charge in [-0.05, 0) is 44.7 Å². The molecule has 2 unspecified atom stereocenters. The van der Waals surface area contributed by atoms with E-state index in [9.17, 15) is 9.59 Å². The largest absolute Gasteiger partial charge is 0.396 e. The third-order valence-electron chi connectivity index (χ3n) is 5.50. The summed E-state index contributed by atoms with van der Waals surface area (Å²) in [4.78, 5) is 25.3. The average molecular weight is 404 g/mol. The molecule has 3 aromatic rings. The van der Waals surface area contributed by atoms with Gasteiger partial charge in [-0.3, -0.25) is 9.59 Å². The number of hydrogen-bond acceptors (Lipinski definition) is 5. The van der Waals surface area contributed by atoms with Gasteiger partial charge in [-0.2, -0.15) is 0 Å². The van der Waals surface area contributed by atoms with Gasteiger partial charge >= 0.3 is 0 Å². The predicted octanol–water partition coefficient (Wildman–Crippen LogP) is 3.09. The van der Waals surface area contributed by atoms with Crippen LogP contribution in [0.4, 0.5) is 0 Å². The predicted molar refractivity (Wildman–Crippen MR) is 107 cm³/mol. The Labute approximate surface area is 166 Å². The molecule has 1 fully saturated rings. The number of carbonyl (C=O) groups is 1. The zero-order valence-electron chi connectivity index (χ0n) is 15.6. The van der Waals surface area contributed by atoms with Crippen LogP contribution in [0.25, 0.3) is 21.8 Å². The Morgan fingerprint density at radius 2 is 2.21 bits per heavy atom. The third kappa shape index (κ3) is 3.18. The third-order valence-corrected chi connectivity index (χ3v) is 5.81. The minimum absolute atomic E-state index is 0.0294. The Hall–Kier alpha value is -2.38.